The number of hydrogen-bond acceptors (Lipinski definition) is 3. The second-order valence-corrected chi connectivity index (χ2v) is 5.78. The molecule has 1 amide bonds. The standard InChI is InChI=1S/C16H19F3N2O2/c1-15(2,3)23-14(22)21-9-5-4-6-11-7-8-12(10-13(11)20)16(17,18)19/h7-8,10H,5,9,20H2,1-3H3,(H,21,22). The lowest BCUT2D eigenvalue weighted by Gasteiger charge is -2.19. The predicted octanol–water partition coefficient (Wildman–Crippen LogP) is 3.55. The van der Waals surface area contributed by atoms with Crippen LogP contribution in [-0.4, -0.2) is 18.2 Å². The largest absolute Gasteiger partial charge is 0.444 e. The van der Waals surface area contributed by atoms with Gasteiger partial charge < -0.3 is 15.8 Å². The van der Waals surface area contributed by atoms with E-state index in [1.165, 1.54) is 6.07 Å². The number of benzene rings is 1. The highest BCUT2D eigenvalue weighted by atomic mass is 19.4. The molecule has 0 unspecified atom stereocenters. The van der Waals surface area contributed by atoms with Gasteiger partial charge in [0.25, 0.3) is 0 Å². The molecule has 0 radical (unpaired) electrons. The molecule has 0 atom stereocenters. The van der Waals surface area contributed by atoms with Crippen LogP contribution in [0.5, 0.6) is 0 Å². The molecule has 126 valence electrons. The molecule has 0 spiro atoms. The number of carbonyl (C=O) groups excluding carboxylic acids is 1. The minimum atomic E-state index is -4.43. The molecule has 1 rings (SSSR count). The van der Waals surface area contributed by atoms with Gasteiger partial charge in [-0.1, -0.05) is 11.8 Å². The molecule has 0 saturated carbocycles. The van der Waals surface area contributed by atoms with Gasteiger partial charge in [0.1, 0.15) is 5.60 Å². The Morgan fingerprint density at radius 1 is 1.30 bits per heavy atom. The number of nitrogens with one attached hydrogen (secondary N) is 1. The zero-order chi connectivity index (χ0) is 17.7. The summed E-state index contributed by atoms with van der Waals surface area (Å²) in [4.78, 5) is 11.4. The van der Waals surface area contributed by atoms with Gasteiger partial charge in [-0.3, -0.25) is 0 Å². The van der Waals surface area contributed by atoms with Crippen LogP contribution in [0.4, 0.5) is 23.7 Å². The molecule has 23 heavy (non-hydrogen) atoms. The van der Waals surface area contributed by atoms with Gasteiger partial charge in [-0.15, -0.1) is 0 Å². The number of alkyl halides is 3. The van der Waals surface area contributed by atoms with E-state index in [1.54, 1.807) is 20.8 Å². The Kier molecular flexibility index (Phi) is 5.91. The first-order chi connectivity index (χ1) is 10.5. The van der Waals surface area contributed by atoms with Crippen molar-refractivity contribution in [2.45, 2.75) is 39.0 Å². The number of alkyl carbamates (subject to hydrolysis) is 1. The molecule has 1 aromatic carbocycles. The molecule has 0 saturated heterocycles. The Balaban J connectivity index is 2.53. The Morgan fingerprint density at radius 3 is 2.48 bits per heavy atom. The first-order valence-corrected chi connectivity index (χ1v) is 6.91. The highest BCUT2D eigenvalue weighted by molar-refractivity contribution is 5.67. The lowest BCUT2D eigenvalue weighted by atomic mass is 10.1. The molecule has 0 aliphatic rings. The predicted molar refractivity (Wildman–Crippen MR) is 81.6 cm³/mol. The molecule has 4 nitrogen and oxygen atoms in total. The number of amides is 1. The third-order valence-corrected chi connectivity index (χ3v) is 2.52. The van der Waals surface area contributed by atoms with E-state index in [-0.39, 0.29) is 12.2 Å². The van der Waals surface area contributed by atoms with Crippen molar-refractivity contribution in [3.63, 3.8) is 0 Å². The van der Waals surface area contributed by atoms with E-state index in [0.29, 0.717) is 12.0 Å². The lowest BCUT2D eigenvalue weighted by molar-refractivity contribution is -0.137. The molecule has 7 heteroatoms. The zero-order valence-electron chi connectivity index (χ0n) is 13.2. The average Bonchev–Trinajstić information content (AvgIpc) is 2.36. The second-order valence-electron chi connectivity index (χ2n) is 5.78. The third-order valence-electron chi connectivity index (χ3n) is 2.52. The number of rotatable bonds is 2. The number of hydrogen-bond donors (Lipinski definition) is 2. The fourth-order valence-electron chi connectivity index (χ4n) is 1.55. The molecule has 0 aromatic heterocycles. The van der Waals surface area contributed by atoms with E-state index in [4.69, 9.17) is 10.5 Å². The van der Waals surface area contributed by atoms with Crippen LogP contribution in [0, 0.1) is 11.8 Å². The molecular weight excluding hydrogens is 309 g/mol. The van der Waals surface area contributed by atoms with E-state index >= 15 is 0 Å². The lowest BCUT2D eigenvalue weighted by Crippen LogP contribution is -2.32. The van der Waals surface area contributed by atoms with Crippen LogP contribution in [0.1, 0.15) is 38.3 Å². The number of carbonyl (C=O) groups is 1. The quantitative estimate of drug-likeness (QED) is 0.496. The van der Waals surface area contributed by atoms with Crippen molar-refractivity contribution >= 4 is 11.8 Å². The van der Waals surface area contributed by atoms with Gasteiger partial charge in [0.2, 0.25) is 0 Å². The summed E-state index contributed by atoms with van der Waals surface area (Å²) in [7, 11) is 0. The Labute approximate surface area is 133 Å². The smallest absolute Gasteiger partial charge is 0.416 e. The van der Waals surface area contributed by atoms with Gasteiger partial charge >= 0.3 is 12.3 Å². The molecule has 1 aromatic rings. The molecule has 0 aliphatic heterocycles. The van der Waals surface area contributed by atoms with Gasteiger partial charge in [0.05, 0.1) is 5.56 Å². The first-order valence-electron chi connectivity index (χ1n) is 6.91. The fourth-order valence-corrected chi connectivity index (χ4v) is 1.55. The highest BCUT2D eigenvalue weighted by Crippen LogP contribution is 2.31. The topological polar surface area (TPSA) is 64.3 Å². The maximum absolute atomic E-state index is 12.5. The monoisotopic (exact) mass is 328 g/mol. The minimum Gasteiger partial charge on any atom is -0.444 e. The number of ether oxygens (including phenoxy) is 1. The van der Waals surface area contributed by atoms with E-state index in [0.717, 1.165) is 12.1 Å². The fraction of sp³-hybridized carbons (Fsp3) is 0.438. The summed E-state index contributed by atoms with van der Waals surface area (Å²) in [6.45, 7) is 5.52. The molecule has 3 N–H and O–H groups in total. The second kappa shape index (κ2) is 7.27. The van der Waals surface area contributed by atoms with Crippen molar-refractivity contribution < 1.29 is 22.7 Å². The van der Waals surface area contributed by atoms with Crippen molar-refractivity contribution in [2.75, 3.05) is 12.3 Å². The van der Waals surface area contributed by atoms with Gasteiger partial charge in [-0.05, 0) is 39.0 Å². The van der Waals surface area contributed by atoms with Crippen LogP contribution in [0.15, 0.2) is 18.2 Å². The summed E-state index contributed by atoms with van der Waals surface area (Å²) in [5.74, 6) is 5.42. The van der Waals surface area contributed by atoms with E-state index in [9.17, 15) is 18.0 Å². The molecule has 0 fully saturated rings. The van der Waals surface area contributed by atoms with Gasteiger partial charge in [0, 0.05) is 24.2 Å². The molecule has 0 bridgehead atoms. The number of halogens is 3. The summed E-state index contributed by atoms with van der Waals surface area (Å²) < 4.78 is 42.5. The van der Waals surface area contributed by atoms with Gasteiger partial charge in [-0.25, -0.2) is 4.79 Å². The zero-order valence-corrected chi connectivity index (χ0v) is 13.2. The van der Waals surface area contributed by atoms with Gasteiger partial charge in [0.15, 0.2) is 0 Å². The molecule has 0 heterocycles. The van der Waals surface area contributed by atoms with Crippen molar-refractivity contribution in [3.05, 3.63) is 29.3 Å². The van der Waals surface area contributed by atoms with Crippen molar-refractivity contribution in [3.8, 4) is 11.8 Å². The summed E-state index contributed by atoms with van der Waals surface area (Å²) in [6, 6.07) is 3.01. The van der Waals surface area contributed by atoms with Crippen LogP contribution < -0.4 is 11.1 Å². The maximum Gasteiger partial charge on any atom is 0.416 e. The van der Waals surface area contributed by atoms with E-state index in [1.807, 2.05) is 0 Å². The number of nitrogens with two attached hydrogens (primary N) is 1. The molecular formula is C16H19F3N2O2. The van der Waals surface area contributed by atoms with Crippen molar-refractivity contribution in [1.29, 1.82) is 0 Å². The maximum atomic E-state index is 12.5. The first kappa shape index (κ1) is 18.7. The average molecular weight is 328 g/mol. The number of nitrogen functional groups attached to an aromatic ring is 1. The highest BCUT2D eigenvalue weighted by Gasteiger charge is 2.30. The Bertz CT molecular complexity index is 623. The van der Waals surface area contributed by atoms with Crippen LogP contribution in [0.25, 0.3) is 0 Å². The summed E-state index contributed by atoms with van der Waals surface area (Å²) in [5.41, 5.74) is 4.45. The van der Waals surface area contributed by atoms with E-state index in [2.05, 4.69) is 17.2 Å². The Morgan fingerprint density at radius 2 is 1.96 bits per heavy atom. The summed E-state index contributed by atoms with van der Waals surface area (Å²) in [5, 5.41) is 2.53. The van der Waals surface area contributed by atoms with Crippen LogP contribution >= 0.6 is 0 Å². The third kappa shape index (κ3) is 6.96. The Hall–Kier alpha value is -2.36. The minimum absolute atomic E-state index is 0.0348. The van der Waals surface area contributed by atoms with Crippen molar-refractivity contribution in [1.82, 2.24) is 5.32 Å². The van der Waals surface area contributed by atoms with Crippen LogP contribution in [0.3, 0.4) is 0 Å². The van der Waals surface area contributed by atoms with E-state index < -0.39 is 23.4 Å². The van der Waals surface area contributed by atoms with Crippen LogP contribution in [0.2, 0.25) is 0 Å². The van der Waals surface area contributed by atoms with Crippen LogP contribution in [-0.2, 0) is 10.9 Å². The molecule has 0 aliphatic carbocycles. The SMILES string of the molecule is CC(C)(C)OC(=O)NCCC#Cc1ccc(C(F)(F)F)cc1N. The van der Waals surface area contributed by atoms with Crippen molar-refractivity contribution in [2.24, 2.45) is 0 Å². The summed E-state index contributed by atoms with van der Waals surface area (Å²) >= 11 is 0. The number of anilines is 1. The van der Waals surface area contributed by atoms with Gasteiger partial charge in [-0.2, -0.15) is 13.2 Å². The summed E-state index contributed by atoms with van der Waals surface area (Å²) in [6.07, 6.45) is -4.66. The normalized spacial score (nSPS) is 11.4.